The van der Waals surface area contributed by atoms with E-state index in [9.17, 15) is 0 Å². The zero-order chi connectivity index (χ0) is 13.0. The minimum atomic E-state index is 0.441. The Kier molecular flexibility index (Phi) is 4.98. The van der Waals surface area contributed by atoms with E-state index in [2.05, 4.69) is 24.0 Å². The Bertz CT molecular complexity index is 311. The Morgan fingerprint density at radius 2 is 1.72 bits per heavy atom. The Hall–Kier alpha value is -0.200. The maximum atomic E-state index is 4.93. The van der Waals surface area contributed by atoms with Gasteiger partial charge in [0.25, 0.3) is 0 Å². The molecule has 18 heavy (non-hydrogen) atoms. The zero-order valence-electron chi connectivity index (χ0n) is 12.0. The lowest BCUT2D eigenvalue weighted by molar-refractivity contribution is 0.0816. The first kappa shape index (κ1) is 14.2. The number of aliphatic imine (C=N–C) groups is 1. The molecule has 2 unspecified atom stereocenters. The molecule has 2 saturated carbocycles. The van der Waals surface area contributed by atoms with Crippen LogP contribution in [-0.2, 0) is 0 Å². The van der Waals surface area contributed by atoms with Gasteiger partial charge in [-0.15, -0.1) is 0 Å². The number of hydrogen-bond donors (Lipinski definition) is 0. The van der Waals surface area contributed by atoms with Crippen LogP contribution in [0.25, 0.3) is 0 Å². The maximum Gasteiger partial charge on any atom is 0.0664 e. The maximum absolute atomic E-state index is 4.93. The van der Waals surface area contributed by atoms with Gasteiger partial charge in [-0.05, 0) is 55.2 Å². The lowest BCUT2D eigenvalue weighted by Crippen LogP contribution is -2.40. The van der Waals surface area contributed by atoms with Crippen molar-refractivity contribution in [1.82, 2.24) is 0 Å². The first-order valence-electron chi connectivity index (χ1n) is 7.72. The molecule has 2 fully saturated rings. The van der Waals surface area contributed by atoms with E-state index in [0.29, 0.717) is 11.5 Å². The van der Waals surface area contributed by atoms with Crippen molar-refractivity contribution in [2.24, 2.45) is 22.2 Å². The minimum Gasteiger partial charge on any atom is -0.229 e. The summed E-state index contributed by atoms with van der Waals surface area (Å²) in [5.74, 6) is 1.50. The highest BCUT2D eigenvalue weighted by Gasteiger charge is 2.40. The summed E-state index contributed by atoms with van der Waals surface area (Å²) in [7, 11) is 0. The van der Waals surface area contributed by atoms with Gasteiger partial charge >= 0.3 is 0 Å². The SMILES string of the molecule is CC1(C)CCCCC1C(N=C=S)C1CCCCC1. The fraction of sp³-hybridized carbons (Fsp3) is 0.938. The van der Waals surface area contributed by atoms with E-state index >= 15 is 0 Å². The highest BCUT2D eigenvalue weighted by molar-refractivity contribution is 7.78. The largest absolute Gasteiger partial charge is 0.229 e. The van der Waals surface area contributed by atoms with Crippen LogP contribution in [0, 0.1) is 17.3 Å². The molecule has 0 bridgehead atoms. The summed E-state index contributed by atoms with van der Waals surface area (Å²) in [4.78, 5) is 4.63. The molecular weight excluding hydrogens is 238 g/mol. The molecule has 2 aliphatic carbocycles. The minimum absolute atomic E-state index is 0.441. The van der Waals surface area contributed by atoms with Crippen LogP contribution in [0.2, 0.25) is 0 Å². The molecule has 0 N–H and O–H groups in total. The summed E-state index contributed by atoms with van der Waals surface area (Å²) in [5.41, 5.74) is 0.441. The summed E-state index contributed by atoms with van der Waals surface area (Å²) in [6.07, 6.45) is 12.4. The van der Waals surface area contributed by atoms with Crippen LogP contribution < -0.4 is 0 Å². The third kappa shape index (κ3) is 3.22. The van der Waals surface area contributed by atoms with Crippen molar-refractivity contribution in [2.75, 3.05) is 0 Å². The normalized spacial score (nSPS) is 30.4. The Labute approximate surface area is 117 Å². The number of hydrogen-bond acceptors (Lipinski definition) is 2. The number of rotatable bonds is 3. The smallest absolute Gasteiger partial charge is 0.0664 e. The van der Waals surface area contributed by atoms with E-state index in [-0.39, 0.29) is 0 Å². The van der Waals surface area contributed by atoms with E-state index < -0.39 is 0 Å². The highest BCUT2D eigenvalue weighted by Crippen LogP contribution is 2.46. The summed E-state index contributed by atoms with van der Waals surface area (Å²) in [5, 5.41) is 2.71. The van der Waals surface area contributed by atoms with Gasteiger partial charge in [-0.25, -0.2) is 4.99 Å². The predicted molar refractivity (Wildman–Crippen MR) is 81.1 cm³/mol. The van der Waals surface area contributed by atoms with E-state index in [1.807, 2.05) is 0 Å². The van der Waals surface area contributed by atoms with Gasteiger partial charge in [0.05, 0.1) is 11.2 Å². The molecule has 0 saturated heterocycles. The first-order valence-corrected chi connectivity index (χ1v) is 8.13. The average molecular weight is 265 g/mol. The molecule has 2 heteroatoms. The van der Waals surface area contributed by atoms with Crippen molar-refractivity contribution in [1.29, 1.82) is 0 Å². The van der Waals surface area contributed by atoms with E-state index in [1.54, 1.807) is 0 Å². The van der Waals surface area contributed by atoms with Gasteiger partial charge in [-0.2, -0.15) is 0 Å². The lowest BCUT2D eigenvalue weighted by atomic mass is 9.62. The monoisotopic (exact) mass is 265 g/mol. The van der Waals surface area contributed by atoms with Gasteiger partial charge in [0, 0.05) is 0 Å². The van der Waals surface area contributed by atoms with Crippen molar-refractivity contribution in [2.45, 2.75) is 77.7 Å². The fourth-order valence-electron chi connectivity index (χ4n) is 4.21. The molecule has 2 rings (SSSR count). The standard InChI is InChI=1S/C16H27NS/c1-16(2)11-7-6-10-14(16)15(17-12-18)13-8-4-3-5-9-13/h13-15H,3-11H2,1-2H3. The van der Waals surface area contributed by atoms with E-state index in [4.69, 9.17) is 12.2 Å². The van der Waals surface area contributed by atoms with E-state index in [1.165, 1.54) is 57.8 Å². The topological polar surface area (TPSA) is 12.4 Å². The van der Waals surface area contributed by atoms with Crippen molar-refractivity contribution in [3.8, 4) is 0 Å². The molecule has 102 valence electrons. The third-order valence-electron chi connectivity index (χ3n) is 5.34. The van der Waals surface area contributed by atoms with E-state index in [0.717, 1.165) is 11.8 Å². The van der Waals surface area contributed by atoms with Crippen LogP contribution in [0.4, 0.5) is 0 Å². The second-order valence-corrected chi connectivity index (χ2v) is 7.13. The molecule has 0 aromatic rings. The molecule has 0 aromatic heterocycles. The first-order chi connectivity index (χ1) is 8.65. The molecule has 1 nitrogen and oxygen atoms in total. The molecule has 0 heterocycles. The molecule has 0 amide bonds. The third-order valence-corrected chi connectivity index (χ3v) is 5.44. The molecule has 0 aliphatic heterocycles. The van der Waals surface area contributed by atoms with Crippen LogP contribution >= 0.6 is 12.2 Å². The van der Waals surface area contributed by atoms with Crippen LogP contribution in [0.15, 0.2) is 4.99 Å². The number of isothiocyanates is 1. The molecule has 2 atom stereocenters. The summed E-state index contributed by atoms with van der Waals surface area (Å²) in [6, 6.07) is 0.457. The summed E-state index contributed by atoms with van der Waals surface area (Å²) >= 11 is 4.93. The van der Waals surface area contributed by atoms with Crippen LogP contribution in [0.3, 0.4) is 0 Å². The van der Waals surface area contributed by atoms with Crippen LogP contribution in [0.1, 0.15) is 71.6 Å². The average Bonchev–Trinajstić information content (AvgIpc) is 2.37. The molecule has 0 aromatic carbocycles. The summed E-state index contributed by atoms with van der Waals surface area (Å²) in [6.45, 7) is 4.87. The van der Waals surface area contributed by atoms with Gasteiger partial charge in [0.1, 0.15) is 0 Å². The number of thiocarbonyl (C=S) groups is 1. The Morgan fingerprint density at radius 3 is 2.33 bits per heavy atom. The van der Waals surface area contributed by atoms with Gasteiger partial charge in [-0.3, -0.25) is 0 Å². The zero-order valence-corrected chi connectivity index (χ0v) is 12.8. The van der Waals surface area contributed by atoms with Gasteiger partial charge in [0.2, 0.25) is 0 Å². The number of nitrogens with zero attached hydrogens (tertiary/aromatic N) is 1. The van der Waals surface area contributed by atoms with Gasteiger partial charge < -0.3 is 0 Å². The van der Waals surface area contributed by atoms with Crippen molar-refractivity contribution < 1.29 is 0 Å². The molecule has 0 radical (unpaired) electrons. The second-order valence-electron chi connectivity index (χ2n) is 6.95. The van der Waals surface area contributed by atoms with Crippen molar-refractivity contribution in [3.05, 3.63) is 0 Å². The van der Waals surface area contributed by atoms with Crippen LogP contribution in [-0.4, -0.2) is 11.2 Å². The van der Waals surface area contributed by atoms with Crippen molar-refractivity contribution in [3.63, 3.8) is 0 Å². The van der Waals surface area contributed by atoms with Crippen LogP contribution in [0.5, 0.6) is 0 Å². The Balaban J connectivity index is 2.14. The lowest BCUT2D eigenvalue weighted by Gasteiger charge is -2.44. The Morgan fingerprint density at radius 1 is 1.06 bits per heavy atom. The van der Waals surface area contributed by atoms with Crippen molar-refractivity contribution >= 4 is 17.4 Å². The highest BCUT2D eigenvalue weighted by atomic mass is 32.1. The fourth-order valence-corrected chi connectivity index (χ4v) is 4.34. The van der Waals surface area contributed by atoms with Gasteiger partial charge in [0.15, 0.2) is 0 Å². The molecular formula is C16H27NS. The quantitative estimate of drug-likeness (QED) is 0.501. The predicted octanol–water partition coefficient (Wildman–Crippen LogP) is 5.25. The second kappa shape index (κ2) is 6.30. The molecule has 2 aliphatic rings. The summed E-state index contributed by atoms with van der Waals surface area (Å²) < 4.78 is 0. The molecule has 0 spiro atoms. The van der Waals surface area contributed by atoms with Gasteiger partial charge in [-0.1, -0.05) is 46.0 Å².